The first-order chi connectivity index (χ1) is 6.09. The lowest BCUT2D eigenvalue weighted by Gasteiger charge is -2.07. The fourth-order valence-electron chi connectivity index (χ4n) is 1.07. The molecule has 0 aliphatic heterocycles. The van der Waals surface area contributed by atoms with Crippen LogP contribution in [0.1, 0.15) is 23.7 Å². The van der Waals surface area contributed by atoms with Crippen LogP contribution in [0.2, 0.25) is 0 Å². The molecule has 0 bridgehead atoms. The molecule has 0 saturated carbocycles. The molecule has 1 unspecified atom stereocenters. The largest absolute Gasteiger partial charge is 0.481 e. The van der Waals surface area contributed by atoms with Gasteiger partial charge in [-0.15, -0.1) is 0 Å². The van der Waals surface area contributed by atoms with E-state index in [1.807, 2.05) is 19.1 Å². The van der Waals surface area contributed by atoms with Crippen LogP contribution in [0, 0.1) is 6.92 Å². The number of aryl methyl sites for hydroxylation is 1. The fourth-order valence-corrected chi connectivity index (χ4v) is 1.07. The second-order valence-corrected chi connectivity index (χ2v) is 3.02. The first-order valence-electron chi connectivity index (χ1n) is 4.06. The number of carboxylic acid groups (broad SMARTS) is 1. The standard InChI is InChI=1S/C10H12O3/c1-7-2-4-8(5-3-7)9(11)6-10(12)13/h2-5,9,11H,6H2,1H3,(H,12,13). The van der Waals surface area contributed by atoms with Crippen LogP contribution in [0.25, 0.3) is 0 Å². The first-order valence-corrected chi connectivity index (χ1v) is 4.06. The van der Waals surface area contributed by atoms with Crippen LogP contribution in [0.15, 0.2) is 24.3 Å². The average molecular weight is 180 g/mol. The van der Waals surface area contributed by atoms with Gasteiger partial charge >= 0.3 is 5.97 Å². The Morgan fingerprint density at radius 3 is 2.38 bits per heavy atom. The zero-order valence-corrected chi connectivity index (χ0v) is 7.40. The summed E-state index contributed by atoms with van der Waals surface area (Å²) < 4.78 is 0. The first kappa shape index (κ1) is 9.74. The Bertz CT molecular complexity index is 290. The maximum absolute atomic E-state index is 10.3. The van der Waals surface area contributed by atoms with Crippen LogP contribution in [0.5, 0.6) is 0 Å². The summed E-state index contributed by atoms with van der Waals surface area (Å²) in [5.41, 5.74) is 1.74. The lowest BCUT2D eigenvalue weighted by Crippen LogP contribution is -2.05. The van der Waals surface area contributed by atoms with Crippen molar-refractivity contribution in [1.82, 2.24) is 0 Å². The van der Waals surface area contributed by atoms with Crippen molar-refractivity contribution >= 4 is 5.97 Å². The number of hydrogen-bond acceptors (Lipinski definition) is 2. The lowest BCUT2D eigenvalue weighted by molar-refractivity contribution is -0.139. The lowest BCUT2D eigenvalue weighted by atomic mass is 10.1. The maximum Gasteiger partial charge on any atom is 0.306 e. The van der Waals surface area contributed by atoms with Crippen molar-refractivity contribution < 1.29 is 15.0 Å². The predicted molar refractivity (Wildman–Crippen MR) is 48.4 cm³/mol. The highest BCUT2D eigenvalue weighted by atomic mass is 16.4. The highest BCUT2D eigenvalue weighted by Crippen LogP contribution is 2.16. The Hall–Kier alpha value is -1.35. The van der Waals surface area contributed by atoms with Gasteiger partial charge in [0, 0.05) is 0 Å². The highest BCUT2D eigenvalue weighted by molar-refractivity contribution is 5.67. The molecular weight excluding hydrogens is 168 g/mol. The molecule has 0 fully saturated rings. The third-order valence-electron chi connectivity index (χ3n) is 1.83. The van der Waals surface area contributed by atoms with Gasteiger partial charge in [0.2, 0.25) is 0 Å². The van der Waals surface area contributed by atoms with Gasteiger partial charge in [-0.2, -0.15) is 0 Å². The SMILES string of the molecule is Cc1ccc(C(O)CC(=O)O)cc1. The molecule has 0 aromatic heterocycles. The molecule has 0 saturated heterocycles. The number of aliphatic hydroxyl groups excluding tert-OH is 1. The molecule has 0 aliphatic carbocycles. The second-order valence-electron chi connectivity index (χ2n) is 3.02. The van der Waals surface area contributed by atoms with E-state index in [1.165, 1.54) is 0 Å². The highest BCUT2D eigenvalue weighted by Gasteiger charge is 2.10. The predicted octanol–water partition coefficient (Wildman–Crippen LogP) is 1.50. The van der Waals surface area contributed by atoms with E-state index in [1.54, 1.807) is 12.1 Å². The van der Waals surface area contributed by atoms with Crippen LogP contribution >= 0.6 is 0 Å². The molecule has 70 valence electrons. The molecule has 1 aromatic carbocycles. The van der Waals surface area contributed by atoms with E-state index in [9.17, 15) is 9.90 Å². The van der Waals surface area contributed by atoms with Crippen molar-refractivity contribution in [2.24, 2.45) is 0 Å². The number of carbonyl (C=O) groups is 1. The van der Waals surface area contributed by atoms with Gasteiger partial charge in [-0.25, -0.2) is 0 Å². The summed E-state index contributed by atoms with van der Waals surface area (Å²) in [7, 11) is 0. The molecule has 0 spiro atoms. The van der Waals surface area contributed by atoms with Gasteiger partial charge in [0.25, 0.3) is 0 Å². The molecule has 0 radical (unpaired) electrons. The minimum absolute atomic E-state index is 0.247. The van der Waals surface area contributed by atoms with Crippen LogP contribution in [-0.2, 0) is 4.79 Å². The normalized spacial score (nSPS) is 12.5. The molecule has 3 heteroatoms. The van der Waals surface area contributed by atoms with Crippen molar-refractivity contribution in [2.75, 3.05) is 0 Å². The summed E-state index contributed by atoms with van der Waals surface area (Å²) in [4.78, 5) is 10.3. The number of benzene rings is 1. The third kappa shape index (κ3) is 2.87. The van der Waals surface area contributed by atoms with Crippen molar-refractivity contribution in [3.63, 3.8) is 0 Å². The molecule has 0 heterocycles. The minimum Gasteiger partial charge on any atom is -0.481 e. The summed E-state index contributed by atoms with van der Waals surface area (Å²) in [5, 5.41) is 17.8. The molecule has 3 nitrogen and oxygen atoms in total. The van der Waals surface area contributed by atoms with Gasteiger partial charge in [-0.05, 0) is 12.5 Å². The quantitative estimate of drug-likeness (QED) is 0.741. The summed E-state index contributed by atoms with van der Waals surface area (Å²) >= 11 is 0. The Kier molecular flexibility index (Phi) is 3.03. The Labute approximate surface area is 76.6 Å². The van der Waals surface area contributed by atoms with Gasteiger partial charge in [0.1, 0.15) is 0 Å². The Balaban J connectivity index is 2.71. The molecule has 1 rings (SSSR count). The topological polar surface area (TPSA) is 57.5 Å². The minimum atomic E-state index is -0.993. The number of carboxylic acids is 1. The monoisotopic (exact) mass is 180 g/mol. The average Bonchev–Trinajstić information content (AvgIpc) is 2.04. The number of rotatable bonds is 3. The molecule has 0 amide bonds. The number of hydrogen-bond donors (Lipinski definition) is 2. The summed E-state index contributed by atoms with van der Waals surface area (Å²) in [6.45, 7) is 1.94. The van der Waals surface area contributed by atoms with Crippen molar-refractivity contribution in [3.05, 3.63) is 35.4 Å². The molecule has 2 N–H and O–H groups in total. The van der Waals surface area contributed by atoms with Crippen molar-refractivity contribution in [2.45, 2.75) is 19.4 Å². The molecule has 0 aliphatic rings. The van der Waals surface area contributed by atoms with Gasteiger partial charge in [0.15, 0.2) is 0 Å². The summed E-state index contributed by atoms with van der Waals surface area (Å²) in [5.74, 6) is -0.993. The van der Waals surface area contributed by atoms with E-state index < -0.39 is 12.1 Å². The van der Waals surface area contributed by atoms with Crippen LogP contribution in [0.4, 0.5) is 0 Å². The van der Waals surface area contributed by atoms with Gasteiger partial charge in [-0.3, -0.25) is 4.79 Å². The molecular formula is C10H12O3. The van der Waals surface area contributed by atoms with E-state index in [4.69, 9.17) is 5.11 Å². The van der Waals surface area contributed by atoms with E-state index in [0.29, 0.717) is 5.56 Å². The smallest absolute Gasteiger partial charge is 0.306 e. The van der Waals surface area contributed by atoms with E-state index in [-0.39, 0.29) is 6.42 Å². The summed E-state index contributed by atoms with van der Waals surface area (Å²) in [6, 6.07) is 7.17. The zero-order chi connectivity index (χ0) is 9.84. The van der Waals surface area contributed by atoms with Crippen molar-refractivity contribution in [1.29, 1.82) is 0 Å². The molecule has 1 aromatic rings. The molecule has 1 atom stereocenters. The number of aliphatic carboxylic acids is 1. The van der Waals surface area contributed by atoms with Crippen LogP contribution < -0.4 is 0 Å². The van der Waals surface area contributed by atoms with E-state index in [0.717, 1.165) is 5.56 Å². The number of aliphatic hydroxyl groups is 1. The van der Waals surface area contributed by atoms with E-state index in [2.05, 4.69) is 0 Å². The maximum atomic E-state index is 10.3. The second kappa shape index (κ2) is 4.05. The van der Waals surface area contributed by atoms with Gasteiger partial charge in [0.05, 0.1) is 12.5 Å². The van der Waals surface area contributed by atoms with Crippen LogP contribution in [0.3, 0.4) is 0 Å². The summed E-state index contributed by atoms with van der Waals surface area (Å²) in [6.07, 6.45) is -1.15. The Morgan fingerprint density at radius 1 is 1.38 bits per heavy atom. The van der Waals surface area contributed by atoms with Crippen LogP contribution in [-0.4, -0.2) is 16.2 Å². The zero-order valence-electron chi connectivity index (χ0n) is 7.40. The van der Waals surface area contributed by atoms with Crippen molar-refractivity contribution in [3.8, 4) is 0 Å². The van der Waals surface area contributed by atoms with Gasteiger partial charge < -0.3 is 10.2 Å². The van der Waals surface area contributed by atoms with Gasteiger partial charge in [-0.1, -0.05) is 29.8 Å². The molecule has 13 heavy (non-hydrogen) atoms. The van der Waals surface area contributed by atoms with E-state index >= 15 is 0 Å². The Morgan fingerprint density at radius 2 is 1.92 bits per heavy atom. The third-order valence-corrected chi connectivity index (χ3v) is 1.83. The fraction of sp³-hybridized carbons (Fsp3) is 0.300.